The molecule has 0 saturated heterocycles. The van der Waals surface area contributed by atoms with Crippen molar-refractivity contribution in [2.24, 2.45) is 0 Å². The van der Waals surface area contributed by atoms with E-state index >= 15 is 0 Å². The summed E-state index contributed by atoms with van der Waals surface area (Å²) >= 11 is 1.59. The van der Waals surface area contributed by atoms with E-state index in [1.54, 1.807) is 47.6 Å². The maximum Gasteiger partial charge on any atom is 0.269 e. The third kappa shape index (κ3) is 3.15. The molecule has 1 aliphatic rings. The molecule has 0 aliphatic carbocycles. The lowest BCUT2D eigenvalue weighted by atomic mass is 10.1. The number of amides is 1. The topological polar surface area (TPSA) is 88.4 Å². The van der Waals surface area contributed by atoms with Crippen molar-refractivity contribution in [3.05, 3.63) is 85.9 Å². The van der Waals surface area contributed by atoms with Crippen molar-refractivity contribution in [2.75, 3.05) is 5.32 Å². The maximum atomic E-state index is 12.9. The van der Waals surface area contributed by atoms with Crippen molar-refractivity contribution in [3.8, 4) is 0 Å². The van der Waals surface area contributed by atoms with Gasteiger partial charge in [-0.2, -0.15) is 0 Å². The quantitative estimate of drug-likeness (QED) is 0.531. The van der Waals surface area contributed by atoms with Crippen LogP contribution in [0.2, 0.25) is 0 Å². The molecule has 136 valence electrons. The molecule has 8 heteroatoms. The van der Waals surface area contributed by atoms with Gasteiger partial charge in [0.15, 0.2) is 0 Å². The van der Waals surface area contributed by atoms with Gasteiger partial charge in [-0.25, -0.2) is 0 Å². The average molecular weight is 380 g/mol. The van der Waals surface area contributed by atoms with E-state index in [0.29, 0.717) is 17.8 Å². The highest BCUT2D eigenvalue weighted by atomic mass is 32.1. The first-order valence-corrected chi connectivity index (χ1v) is 9.22. The number of nitrogens with zero attached hydrogens (tertiary/aromatic N) is 3. The Balaban J connectivity index is 1.69. The summed E-state index contributed by atoms with van der Waals surface area (Å²) in [5.41, 5.74) is 2.74. The first-order chi connectivity index (χ1) is 13.0. The molecule has 2 aromatic heterocycles. The van der Waals surface area contributed by atoms with Crippen molar-refractivity contribution in [1.82, 2.24) is 9.88 Å². The van der Waals surface area contributed by atoms with Gasteiger partial charge >= 0.3 is 0 Å². The number of hydrogen-bond donors (Lipinski definition) is 1. The normalized spacial score (nSPS) is 15.7. The van der Waals surface area contributed by atoms with Gasteiger partial charge in [0, 0.05) is 28.9 Å². The van der Waals surface area contributed by atoms with E-state index in [9.17, 15) is 14.9 Å². The Labute approximate surface area is 159 Å². The third-order valence-corrected chi connectivity index (χ3v) is 5.38. The van der Waals surface area contributed by atoms with Gasteiger partial charge in [0.25, 0.3) is 11.6 Å². The Hall–Kier alpha value is -3.26. The Morgan fingerprint density at radius 2 is 2.15 bits per heavy atom. The van der Waals surface area contributed by atoms with Gasteiger partial charge in [-0.1, -0.05) is 6.07 Å². The molecule has 0 unspecified atom stereocenters. The van der Waals surface area contributed by atoms with Crippen LogP contribution in [0.15, 0.2) is 54.0 Å². The van der Waals surface area contributed by atoms with E-state index in [-0.39, 0.29) is 11.6 Å². The highest BCUT2D eigenvalue weighted by molar-refractivity contribution is 7.09. The molecule has 0 spiro atoms. The predicted molar refractivity (Wildman–Crippen MR) is 103 cm³/mol. The molecule has 1 aliphatic heterocycles. The number of carbonyl (C=O) groups is 1. The van der Waals surface area contributed by atoms with Crippen molar-refractivity contribution in [2.45, 2.75) is 19.6 Å². The van der Waals surface area contributed by atoms with Crippen LogP contribution >= 0.6 is 11.3 Å². The Bertz CT molecular complexity index is 1020. The first-order valence-electron chi connectivity index (χ1n) is 8.34. The minimum absolute atomic E-state index is 0.0366. The molecule has 0 fully saturated rings. The third-order valence-electron chi connectivity index (χ3n) is 4.52. The summed E-state index contributed by atoms with van der Waals surface area (Å²) in [5, 5.41) is 16.3. The molecular weight excluding hydrogens is 364 g/mol. The summed E-state index contributed by atoms with van der Waals surface area (Å²) in [6.07, 6.45) is 1.23. The molecule has 1 amide bonds. The summed E-state index contributed by atoms with van der Waals surface area (Å²) in [5.74, 6) is -0.0800. The number of nitro benzene ring substituents is 1. The highest BCUT2D eigenvalue weighted by Crippen LogP contribution is 2.35. The van der Waals surface area contributed by atoms with Crippen LogP contribution in [0.25, 0.3) is 0 Å². The molecule has 7 nitrogen and oxygen atoms in total. The van der Waals surface area contributed by atoms with Crippen LogP contribution in [0, 0.1) is 17.0 Å². The van der Waals surface area contributed by atoms with Crippen molar-refractivity contribution in [3.63, 3.8) is 0 Å². The van der Waals surface area contributed by atoms with E-state index in [1.165, 1.54) is 12.1 Å². The summed E-state index contributed by atoms with van der Waals surface area (Å²) in [6.45, 7) is 2.27. The monoisotopic (exact) mass is 380 g/mol. The number of hydrogen-bond acceptors (Lipinski definition) is 6. The molecule has 0 bridgehead atoms. The van der Waals surface area contributed by atoms with Crippen molar-refractivity contribution in [1.29, 1.82) is 0 Å². The van der Waals surface area contributed by atoms with Crippen molar-refractivity contribution >= 4 is 28.6 Å². The molecule has 27 heavy (non-hydrogen) atoms. The number of thiophene rings is 1. The number of anilines is 1. The lowest BCUT2D eigenvalue weighted by molar-refractivity contribution is -0.384. The number of pyridine rings is 1. The zero-order chi connectivity index (χ0) is 19.0. The SMILES string of the molecule is Cc1cc([N+](=O)[O-])ccc1N[C@H]1c2ncccc2C(=O)N1Cc1cccs1. The second kappa shape index (κ2) is 6.81. The maximum absolute atomic E-state index is 12.9. The minimum atomic E-state index is -0.434. The Morgan fingerprint density at radius 1 is 1.30 bits per heavy atom. The fraction of sp³-hybridized carbons (Fsp3) is 0.158. The Morgan fingerprint density at radius 3 is 2.85 bits per heavy atom. The largest absolute Gasteiger partial charge is 0.360 e. The second-order valence-electron chi connectivity index (χ2n) is 6.25. The van der Waals surface area contributed by atoms with Gasteiger partial charge < -0.3 is 10.2 Å². The van der Waals surface area contributed by atoms with Crippen LogP contribution < -0.4 is 5.32 Å². The molecule has 1 atom stereocenters. The average Bonchev–Trinajstić information content (AvgIpc) is 3.26. The van der Waals surface area contributed by atoms with Gasteiger partial charge in [0.2, 0.25) is 0 Å². The minimum Gasteiger partial charge on any atom is -0.360 e. The molecule has 1 N–H and O–H groups in total. The van der Waals surface area contributed by atoms with E-state index in [2.05, 4.69) is 10.3 Å². The standard InChI is InChI=1S/C19H16N4O3S/c1-12-10-13(23(25)26)6-7-16(12)21-18-17-15(5-2-8-20-17)19(24)22(18)11-14-4-3-9-27-14/h2-10,18,21H,11H2,1H3/t18-/m1/s1. The van der Waals surface area contributed by atoms with E-state index in [1.807, 2.05) is 17.5 Å². The van der Waals surface area contributed by atoms with E-state index in [0.717, 1.165) is 16.1 Å². The number of non-ortho nitro benzene ring substituents is 1. The number of carbonyl (C=O) groups excluding carboxylic acids is 1. The number of benzene rings is 1. The molecule has 0 saturated carbocycles. The summed E-state index contributed by atoms with van der Waals surface area (Å²) in [7, 11) is 0. The van der Waals surface area contributed by atoms with Crippen LogP contribution in [0.4, 0.5) is 11.4 Å². The molecule has 1 aromatic carbocycles. The first kappa shape index (κ1) is 17.2. The smallest absolute Gasteiger partial charge is 0.269 e. The number of nitrogens with one attached hydrogen (secondary N) is 1. The van der Waals surface area contributed by atoms with Crippen LogP contribution in [-0.4, -0.2) is 20.7 Å². The zero-order valence-corrected chi connectivity index (χ0v) is 15.3. The van der Waals surface area contributed by atoms with Crippen LogP contribution in [0.3, 0.4) is 0 Å². The molecule has 3 heterocycles. The fourth-order valence-electron chi connectivity index (χ4n) is 3.19. The Kier molecular flexibility index (Phi) is 4.33. The highest BCUT2D eigenvalue weighted by Gasteiger charge is 2.38. The molecule has 3 aromatic rings. The number of aryl methyl sites for hydroxylation is 1. The lowest BCUT2D eigenvalue weighted by Gasteiger charge is -2.26. The van der Waals surface area contributed by atoms with E-state index in [4.69, 9.17) is 0 Å². The van der Waals surface area contributed by atoms with Gasteiger partial charge in [-0.3, -0.25) is 19.9 Å². The van der Waals surface area contributed by atoms with Gasteiger partial charge in [0.1, 0.15) is 6.17 Å². The lowest BCUT2D eigenvalue weighted by Crippen LogP contribution is -2.32. The number of nitro groups is 1. The number of rotatable bonds is 5. The fourth-order valence-corrected chi connectivity index (χ4v) is 3.89. The van der Waals surface area contributed by atoms with Crippen LogP contribution in [0.5, 0.6) is 0 Å². The summed E-state index contributed by atoms with van der Waals surface area (Å²) in [6, 6.07) is 12.1. The van der Waals surface area contributed by atoms with Gasteiger partial charge in [0.05, 0.1) is 22.7 Å². The number of fused-ring (bicyclic) bond motifs is 1. The summed E-state index contributed by atoms with van der Waals surface area (Å²) < 4.78 is 0. The van der Waals surface area contributed by atoms with Crippen molar-refractivity contribution < 1.29 is 9.72 Å². The molecular formula is C19H16N4O3S. The summed E-state index contributed by atoms with van der Waals surface area (Å²) in [4.78, 5) is 30.7. The molecule has 0 radical (unpaired) electrons. The zero-order valence-electron chi connectivity index (χ0n) is 14.5. The molecule has 4 rings (SSSR count). The number of aromatic nitrogens is 1. The van der Waals surface area contributed by atoms with Gasteiger partial charge in [-0.05, 0) is 42.1 Å². The van der Waals surface area contributed by atoms with E-state index < -0.39 is 11.1 Å². The predicted octanol–water partition coefficient (Wildman–Crippen LogP) is 4.13. The van der Waals surface area contributed by atoms with Crippen LogP contribution in [-0.2, 0) is 6.54 Å². The van der Waals surface area contributed by atoms with Gasteiger partial charge in [-0.15, -0.1) is 11.3 Å². The second-order valence-corrected chi connectivity index (χ2v) is 7.28. The van der Waals surface area contributed by atoms with Crippen LogP contribution in [0.1, 0.15) is 32.7 Å².